The molecule has 2 rings (SSSR count). The lowest BCUT2D eigenvalue weighted by molar-refractivity contribution is 0.0523. The van der Waals surface area contributed by atoms with E-state index in [0.29, 0.717) is 17.4 Å². The summed E-state index contributed by atoms with van der Waals surface area (Å²) in [5, 5.41) is 6.95. The molecule has 0 aliphatic rings. The Morgan fingerprint density at radius 1 is 1.35 bits per heavy atom. The maximum Gasteiger partial charge on any atom is 0.407 e. The number of carbonyl (C=O) groups is 1. The van der Waals surface area contributed by atoms with Gasteiger partial charge in [0.1, 0.15) is 14.9 Å². The number of ether oxygens (including phenoxy) is 1. The second-order valence-electron chi connectivity index (χ2n) is 5.97. The minimum atomic E-state index is -0.498. The fraction of sp³-hybridized carbons (Fsp3) is 0.375. The molecule has 0 saturated heterocycles. The molecule has 23 heavy (non-hydrogen) atoms. The van der Waals surface area contributed by atoms with Crippen molar-refractivity contribution in [3.8, 4) is 0 Å². The Labute approximate surface area is 145 Å². The fourth-order valence-corrected chi connectivity index (χ4v) is 2.72. The van der Waals surface area contributed by atoms with Crippen LogP contribution in [0.3, 0.4) is 0 Å². The fourth-order valence-electron chi connectivity index (χ4n) is 1.83. The van der Waals surface area contributed by atoms with Crippen molar-refractivity contribution in [1.82, 2.24) is 10.3 Å². The van der Waals surface area contributed by atoms with E-state index in [9.17, 15) is 4.79 Å². The highest BCUT2D eigenvalue weighted by Crippen LogP contribution is 2.19. The predicted molar refractivity (Wildman–Crippen MR) is 94.0 cm³/mol. The van der Waals surface area contributed by atoms with E-state index in [2.05, 4.69) is 15.6 Å². The normalized spacial score (nSPS) is 11.1. The number of carbonyl (C=O) groups excluding carboxylic acids is 1. The Balaban J connectivity index is 1.85. The summed E-state index contributed by atoms with van der Waals surface area (Å²) in [5.74, 6) is 0. The highest BCUT2D eigenvalue weighted by atomic mass is 35.5. The van der Waals surface area contributed by atoms with Gasteiger partial charge in [-0.3, -0.25) is 0 Å². The van der Waals surface area contributed by atoms with Gasteiger partial charge >= 0.3 is 6.09 Å². The molecular weight excluding hydrogens is 334 g/mol. The quantitative estimate of drug-likeness (QED) is 0.834. The Morgan fingerprint density at radius 3 is 2.78 bits per heavy atom. The molecule has 0 saturated carbocycles. The summed E-state index contributed by atoms with van der Waals surface area (Å²) in [5.41, 5.74) is 1.44. The van der Waals surface area contributed by atoms with Gasteiger partial charge in [0.05, 0.1) is 12.7 Å². The van der Waals surface area contributed by atoms with Crippen LogP contribution in [0.25, 0.3) is 0 Å². The van der Waals surface area contributed by atoms with Gasteiger partial charge < -0.3 is 15.4 Å². The number of hydrogen-bond acceptors (Lipinski definition) is 5. The predicted octanol–water partition coefficient (Wildman–Crippen LogP) is 4.43. The molecule has 1 amide bonds. The second-order valence-corrected chi connectivity index (χ2v) is 7.71. The zero-order valence-electron chi connectivity index (χ0n) is 13.4. The minimum Gasteiger partial charge on any atom is -0.444 e. The van der Waals surface area contributed by atoms with Crippen LogP contribution in [-0.4, -0.2) is 16.7 Å². The monoisotopic (exact) mass is 353 g/mol. The van der Waals surface area contributed by atoms with Crippen LogP contribution in [0.5, 0.6) is 0 Å². The first-order valence-corrected chi connectivity index (χ1v) is 8.41. The van der Waals surface area contributed by atoms with Crippen LogP contribution in [0.1, 0.15) is 31.3 Å². The topological polar surface area (TPSA) is 63.2 Å². The number of aromatic nitrogens is 1. The minimum absolute atomic E-state index is 0.410. The lowest BCUT2D eigenvalue weighted by atomic mass is 10.2. The van der Waals surface area contributed by atoms with Gasteiger partial charge in [-0.05, 0) is 38.5 Å². The van der Waals surface area contributed by atoms with Crippen molar-refractivity contribution >= 4 is 34.7 Å². The lowest BCUT2D eigenvalue weighted by Crippen LogP contribution is -2.32. The number of benzene rings is 1. The maximum atomic E-state index is 11.7. The lowest BCUT2D eigenvalue weighted by Gasteiger charge is -2.19. The first-order valence-electron chi connectivity index (χ1n) is 7.22. The van der Waals surface area contributed by atoms with E-state index >= 15 is 0 Å². The molecule has 0 spiro atoms. The Morgan fingerprint density at radius 2 is 2.13 bits per heavy atom. The zero-order valence-corrected chi connectivity index (χ0v) is 14.9. The standard InChI is InChI=1S/C16H20ClN3O2S/c1-16(2,3)22-15(21)20-8-11-5-4-6-12(7-11)18-10-14-19-9-13(17)23-14/h4-7,9,18H,8,10H2,1-3H3,(H,20,21). The van der Waals surface area contributed by atoms with E-state index in [-0.39, 0.29) is 0 Å². The molecule has 0 aliphatic carbocycles. The SMILES string of the molecule is CC(C)(C)OC(=O)NCc1cccc(NCc2ncc(Cl)s2)c1. The Hall–Kier alpha value is -1.79. The summed E-state index contributed by atoms with van der Waals surface area (Å²) in [7, 11) is 0. The average molecular weight is 354 g/mol. The highest BCUT2D eigenvalue weighted by Gasteiger charge is 2.15. The highest BCUT2D eigenvalue weighted by molar-refractivity contribution is 7.15. The third kappa shape index (κ3) is 6.46. The van der Waals surface area contributed by atoms with Gasteiger partial charge in [-0.25, -0.2) is 9.78 Å². The van der Waals surface area contributed by atoms with Crippen LogP contribution in [0.4, 0.5) is 10.5 Å². The number of hydrogen-bond donors (Lipinski definition) is 2. The van der Waals surface area contributed by atoms with Crippen LogP contribution in [0.2, 0.25) is 4.34 Å². The second kappa shape index (κ2) is 7.66. The van der Waals surface area contributed by atoms with E-state index < -0.39 is 11.7 Å². The van der Waals surface area contributed by atoms with E-state index in [1.165, 1.54) is 11.3 Å². The van der Waals surface area contributed by atoms with Gasteiger partial charge in [0.15, 0.2) is 0 Å². The summed E-state index contributed by atoms with van der Waals surface area (Å²) in [6.07, 6.45) is 1.22. The van der Waals surface area contributed by atoms with Crippen molar-refractivity contribution in [1.29, 1.82) is 0 Å². The Kier molecular flexibility index (Phi) is 5.85. The van der Waals surface area contributed by atoms with Crippen molar-refractivity contribution in [2.45, 2.75) is 39.5 Å². The van der Waals surface area contributed by atoms with Gasteiger partial charge in [0, 0.05) is 12.2 Å². The largest absolute Gasteiger partial charge is 0.444 e. The molecule has 0 bridgehead atoms. The number of amides is 1. The third-order valence-electron chi connectivity index (χ3n) is 2.73. The van der Waals surface area contributed by atoms with E-state index in [1.54, 1.807) is 6.20 Å². The van der Waals surface area contributed by atoms with Crippen LogP contribution < -0.4 is 10.6 Å². The number of alkyl carbamates (subject to hydrolysis) is 1. The third-order valence-corrected chi connectivity index (χ3v) is 3.85. The smallest absolute Gasteiger partial charge is 0.407 e. The molecule has 0 fully saturated rings. The van der Waals surface area contributed by atoms with Crippen LogP contribution in [-0.2, 0) is 17.8 Å². The molecule has 1 aromatic heterocycles. The van der Waals surface area contributed by atoms with Crippen molar-refractivity contribution in [2.24, 2.45) is 0 Å². The van der Waals surface area contributed by atoms with E-state index in [0.717, 1.165) is 16.3 Å². The molecule has 124 valence electrons. The van der Waals surface area contributed by atoms with Gasteiger partial charge in [-0.2, -0.15) is 0 Å². The summed E-state index contributed by atoms with van der Waals surface area (Å²) >= 11 is 7.31. The molecule has 7 heteroatoms. The first kappa shape index (κ1) is 17.6. The van der Waals surface area contributed by atoms with Crippen molar-refractivity contribution < 1.29 is 9.53 Å². The number of nitrogens with zero attached hydrogens (tertiary/aromatic N) is 1. The molecular formula is C16H20ClN3O2S. The van der Waals surface area contributed by atoms with Crippen molar-refractivity contribution in [3.63, 3.8) is 0 Å². The molecule has 0 radical (unpaired) electrons. The van der Waals surface area contributed by atoms with E-state index in [1.807, 2.05) is 45.0 Å². The first-order chi connectivity index (χ1) is 10.8. The van der Waals surface area contributed by atoms with Gasteiger partial charge in [0.2, 0.25) is 0 Å². The van der Waals surface area contributed by atoms with Crippen LogP contribution in [0, 0.1) is 0 Å². The molecule has 2 aromatic rings. The number of nitrogens with one attached hydrogen (secondary N) is 2. The average Bonchev–Trinajstić information content (AvgIpc) is 2.87. The van der Waals surface area contributed by atoms with Gasteiger partial charge in [-0.1, -0.05) is 23.7 Å². The van der Waals surface area contributed by atoms with Crippen molar-refractivity contribution in [3.05, 3.63) is 45.4 Å². The van der Waals surface area contributed by atoms with Gasteiger partial charge in [0.25, 0.3) is 0 Å². The molecule has 1 heterocycles. The van der Waals surface area contributed by atoms with Gasteiger partial charge in [-0.15, -0.1) is 11.3 Å². The van der Waals surface area contributed by atoms with Crippen molar-refractivity contribution in [2.75, 3.05) is 5.32 Å². The number of thiazole rings is 1. The maximum absolute atomic E-state index is 11.7. The molecule has 1 aromatic carbocycles. The molecule has 5 nitrogen and oxygen atoms in total. The van der Waals surface area contributed by atoms with Crippen LogP contribution in [0.15, 0.2) is 30.5 Å². The molecule has 2 N–H and O–H groups in total. The number of rotatable bonds is 5. The molecule has 0 unspecified atom stereocenters. The molecule has 0 aliphatic heterocycles. The summed E-state index contributed by atoms with van der Waals surface area (Å²) in [6.45, 7) is 6.53. The Bertz CT molecular complexity index is 667. The summed E-state index contributed by atoms with van der Waals surface area (Å²) in [6, 6.07) is 7.82. The number of halogens is 1. The van der Waals surface area contributed by atoms with E-state index in [4.69, 9.17) is 16.3 Å². The molecule has 0 atom stereocenters. The summed E-state index contributed by atoms with van der Waals surface area (Å²) in [4.78, 5) is 15.9. The number of anilines is 1. The summed E-state index contributed by atoms with van der Waals surface area (Å²) < 4.78 is 5.89. The van der Waals surface area contributed by atoms with Crippen LogP contribution >= 0.6 is 22.9 Å². The zero-order chi connectivity index (χ0) is 16.9.